The minimum atomic E-state index is 0.736. The van der Waals surface area contributed by atoms with Crippen LogP contribution in [0.15, 0.2) is 18.2 Å². The summed E-state index contributed by atoms with van der Waals surface area (Å²) in [5.41, 5.74) is 3.66. The molecule has 4 heteroatoms. The van der Waals surface area contributed by atoms with Crippen LogP contribution in [0.2, 0.25) is 0 Å². The van der Waals surface area contributed by atoms with Gasteiger partial charge in [0.05, 0.1) is 5.69 Å². The predicted octanol–water partition coefficient (Wildman–Crippen LogP) is 2.44. The van der Waals surface area contributed by atoms with Gasteiger partial charge in [0, 0.05) is 12.6 Å². The number of nitrogens with zero attached hydrogens (tertiary/aromatic N) is 3. The molecule has 0 radical (unpaired) electrons. The van der Waals surface area contributed by atoms with E-state index in [9.17, 15) is 0 Å². The predicted molar refractivity (Wildman–Crippen MR) is 75.4 cm³/mol. The molecule has 0 bridgehead atoms. The number of hydrogen-bond acceptors (Lipinski definition) is 3. The Balaban J connectivity index is 1.90. The molecule has 100 valence electrons. The fourth-order valence-corrected chi connectivity index (χ4v) is 2.29. The first kappa shape index (κ1) is 12.4. The average molecular weight is 256 g/mol. The van der Waals surface area contributed by atoms with Gasteiger partial charge < -0.3 is 5.32 Å². The van der Waals surface area contributed by atoms with E-state index in [4.69, 9.17) is 0 Å². The van der Waals surface area contributed by atoms with Crippen LogP contribution in [-0.2, 0) is 6.54 Å². The molecule has 1 aliphatic rings. The molecule has 0 spiro atoms. The van der Waals surface area contributed by atoms with Crippen molar-refractivity contribution in [2.75, 3.05) is 0 Å². The van der Waals surface area contributed by atoms with Gasteiger partial charge in [-0.15, -0.1) is 0 Å². The number of benzene rings is 1. The Labute approximate surface area is 113 Å². The van der Waals surface area contributed by atoms with E-state index in [1.807, 2.05) is 18.5 Å². The van der Waals surface area contributed by atoms with E-state index in [1.165, 1.54) is 24.0 Å². The zero-order valence-corrected chi connectivity index (χ0v) is 11.8. The lowest BCUT2D eigenvalue weighted by Crippen LogP contribution is -2.15. The van der Waals surface area contributed by atoms with Crippen molar-refractivity contribution < 1.29 is 0 Å². The van der Waals surface area contributed by atoms with Crippen LogP contribution in [0.5, 0.6) is 0 Å². The van der Waals surface area contributed by atoms with Crippen molar-refractivity contribution in [1.82, 2.24) is 20.1 Å². The van der Waals surface area contributed by atoms with Gasteiger partial charge in [0.2, 0.25) is 0 Å². The normalized spacial score (nSPS) is 14.9. The molecule has 1 heterocycles. The molecule has 1 aromatic carbocycles. The fourth-order valence-electron chi connectivity index (χ4n) is 2.29. The smallest absolute Gasteiger partial charge is 0.148 e. The SMILES string of the molecule is Cc1nc(C)n(-c2cc(CNC3CC3)ccc2C)n1. The Morgan fingerprint density at radius 2 is 2.05 bits per heavy atom. The maximum atomic E-state index is 4.48. The van der Waals surface area contributed by atoms with E-state index in [0.29, 0.717) is 0 Å². The lowest BCUT2D eigenvalue weighted by Gasteiger charge is -2.10. The Hall–Kier alpha value is -1.68. The summed E-state index contributed by atoms with van der Waals surface area (Å²) in [5.74, 6) is 1.76. The lowest BCUT2D eigenvalue weighted by molar-refractivity contribution is 0.686. The summed E-state index contributed by atoms with van der Waals surface area (Å²) in [7, 11) is 0. The molecular formula is C15H20N4. The van der Waals surface area contributed by atoms with Gasteiger partial charge in [-0.2, -0.15) is 5.10 Å². The number of hydrogen-bond donors (Lipinski definition) is 1. The summed E-state index contributed by atoms with van der Waals surface area (Å²) < 4.78 is 1.94. The van der Waals surface area contributed by atoms with Crippen LogP contribution in [-0.4, -0.2) is 20.8 Å². The van der Waals surface area contributed by atoms with E-state index < -0.39 is 0 Å². The molecule has 0 atom stereocenters. The molecule has 4 nitrogen and oxygen atoms in total. The van der Waals surface area contributed by atoms with Crippen molar-refractivity contribution >= 4 is 0 Å². The van der Waals surface area contributed by atoms with Gasteiger partial charge in [0.25, 0.3) is 0 Å². The zero-order valence-electron chi connectivity index (χ0n) is 11.8. The molecule has 0 saturated heterocycles. The highest BCUT2D eigenvalue weighted by atomic mass is 15.3. The number of rotatable bonds is 4. The topological polar surface area (TPSA) is 42.7 Å². The summed E-state index contributed by atoms with van der Waals surface area (Å²) in [4.78, 5) is 4.38. The molecule has 1 aromatic heterocycles. The summed E-state index contributed by atoms with van der Waals surface area (Å²) >= 11 is 0. The van der Waals surface area contributed by atoms with Gasteiger partial charge in [-0.05, 0) is 50.8 Å². The minimum absolute atomic E-state index is 0.736. The van der Waals surface area contributed by atoms with Gasteiger partial charge in [0.15, 0.2) is 0 Å². The molecule has 0 aliphatic heterocycles. The second kappa shape index (κ2) is 4.78. The Bertz CT molecular complexity index is 596. The number of nitrogens with one attached hydrogen (secondary N) is 1. The molecule has 1 fully saturated rings. The van der Waals surface area contributed by atoms with Crippen LogP contribution >= 0.6 is 0 Å². The summed E-state index contributed by atoms with van der Waals surface area (Å²) in [6.07, 6.45) is 2.64. The third-order valence-corrected chi connectivity index (χ3v) is 3.55. The van der Waals surface area contributed by atoms with E-state index in [0.717, 1.165) is 29.9 Å². The van der Waals surface area contributed by atoms with Crippen molar-refractivity contribution in [2.45, 2.75) is 46.2 Å². The standard InChI is InChI=1S/C15H20N4/c1-10-4-5-13(9-16-14-6-7-14)8-15(10)19-12(3)17-11(2)18-19/h4-5,8,14,16H,6-7,9H2,1-3H3. The van der Waals surface area contributed by atoms with Crippen molar-refractivity contribution in [3.63, 3.8) is 0 Å². The summed E-state index contributed by atoms with van der Waals surface area (Å²) in [6, 6.07) is 7.30. The van der Waals surface area contributed by atoms with Crippen LogP contribution < -0.4 is 5.32 Å². The molecule has 2 aromatic rings. The highest BCUT2D eigenvalue weighted by Gasteiger charge is 2.20. The lowest BCUT2D eigenvalue weighted by atomic mass is 10.1. The number of aromatic nitrogens is 3. The maximum Gasteiger partial charge on any atom is 0.148 e. The first-order chi connectivity index (χ1) is 9.13. The van der Waals surface area contributed by atoms with Crippen LogP contribution in [0.4, 0.5) is 0 Å². The van der Waals surface area contributed by atoms with Gasteiger partial charge in [0.1, 0.15) is 11.6 Å². The second-order valence-corrected chi connectivity index (χ2v) is 5.39. The van der Waals surface area contributed by atoms with Crippen molar-refractivity contribution in [3.05, 3.63) is 41.0 Å². The second-order valence-electron chi connectivity index (χ2n) is 5.39. The molecule has 1 saturated carbocycles. The average Bonchev–Trinajstić information content (AvgIpc) is 3.14. The minimum Gasteiger partial charge on any atom is -0.310 e. The van der Waals surface area contributed by atoms with Crippen molar-refractivity contribution in [3.8, 4) is 5.69 Å². The number of aryl methyl sites for hydroxylation is 3. The summed E-state index contributed by atoms with van der Waals surface area (Å²) in [5, 5.41) is 8.02. The quantitative estimate of drug-likeness (QED) is 0.913. The first-order valence-corrected chi connectivity index (χ1v) is 6.87. The van der Waals surface area contributed by atoms with Crippen LogP contribution in [0.1, 0.15) is 35.6 Å². The third-order valence-electron chi connectivity index (χ3n) is 3.55. The van der Waals surface area contributed by atoms with Crippen molar-refractivity contribution in [2.24, 2.45) is 0 Å². The van der Waals surface area contributed by atoms with Gasteiger partial charge in [-0.3, -0.25) is 0 Å². The first-order valence-electron chi connectivity index (χ1n) is 6.87. The van der Waals surface area contributed by atoms with E-state index >= 15 is 0 Å². The molecule has 19 heavy (non-hydrogen) atoms. The molecule has 0 unspecified atom stereocenters. The van der Waals surface area contributed by atoms with Gasteiger partial charge in [-0.1, -0.05) is 12.1 Å². The van der Waals surface area contributed by atoms with E-state index in [-0.39, 0.29) is 0 Å². The van der Waals surface area contributed by atoms with Crippen molar-refractivity contribution in [1.29, 1.82) is 0 Å². The monoisotopic (exact) mass is 256 g/mol. The molecular weight excluding hydrogens is 236 g/mol. The van der Waals surface area contributed by atoms with Crippen LogP contribution in [0, 0.1) is 20.8 Å². The van der Waals surface area contributed by atoms with Gasteiger partial charge >= 0.3 is 0 Å². The van der Waals surface area contributed by atoms with Crippen LogP contribution in [0.3, 0.4) is 0 Å². The van der Waals surface area contributed by atoms with Gasteiger partial charge in [-0.25, -0.2) is 9.67 Å². The molecule has 1 N–H and O–H groups in total. The molecule has 0 amide bonds. The maximum absolute atomic E-state index is 4.48. The largest absolute Gasteiger partial charge is 0.310 e. The third kappa shape index (κ3) is 2.68. The van der Waals surface area contributed by atoms with E-state index in [2.05, 4.69) is 40.5 Å². The molecule has 3 rings (SSSR count). The van der Waals surface area contributed by atoms with Crippen LogP contribution in [0.25, 0.3) is 5.69 Å². The Kier molecular flexibility index (Phi) is 3.11. The Morgan fingerprint density at radius 3 is 2.68 bits per heavy atom. The summed E-state index contributed by atoms with van der Waals surface area (Å²) in [6.45, 7) is 6.97. The molecule has 1 aliphatic carbocycles. The van der Waals surface area contributed by atoms with E-state index in [1.54, 1.807) is 0 Å². The Morgan fingerprint density at radius 1 is 1.26 bits per heavy atom. The fraction of sp³-hybridized carbons (Fsp3) is 0.467. The highest BCUT2D eigenvalue weighted by Crippen LogP contribution is 2.21. The zero-order chi connectivity index (χ0) is 13.4. The highest BCUT2D eigenvalue weighted by molar-refractivity contribution is 5.43.